The molecular weight excluding hydrogens is 232 g/mol. The predicted octanol–water partition coefficient (Wildman–Crippen LogP) is 1.07. The Labute approximate surface area is 106 Å². The Balaban J connectivity index is 2.65. The van der Waals surface area contributed by atoms with Crippen molar-refractivity contribution in [3.8, 4) is 0 Å². The lowest BCUT2D eigenvalue weighted by molar-refractivity contribution is -0.124. The van der Waals surface area contributed by atoms with Gasteiger partial charge in [-0.05, 0) is 18.4 Å². The van der Waals surface area contributed by atoms with E-state index < -0.39 is 6.04 Å². The Bertz CT molecular complexity index is 412. The van der Waals surface area contributed by atoms with Crippen molar-refractivity contribution in [2.45, 2.75) is 26.3 Å². The summed E-state index contributed by atoms with van der Waals surface area (Å²) >= 11 is 0. The highest BCUT2D eigenvalue weighted by molar-refractivity contribution is 5.98. The molecule has 0 saturated carbocycles. The molecular formula is C12H18N4O2. The molecule has 3 N–H and O–H groups in total. The van der Waals surface area contributed by atoms with Crippen LogP contribution in [0.15, 0.2) is 24.9 Å². The minimum atomic E-state index is -0.584. The van der Waals surface area contributed by atoms with Gasteiger partial charge in [-0.25, -0.2) is 0 Å². The van der Waals surface area contributed by atoms with Crippen molar-refractivity contribution >= 4 is 17.6 Å². The van der Waals surface area contributed by atoms with Crippen LogP contribution in [0.2, 0.25) is 0 Å². The Hall–Kier alpha value is -2.11. The molecule has 1 aromatic rings. The first kappa shape index (κ1) is 14.0. The van der Waals surface area contributed by atoms with Gasteiger partial charge in [-0.15, -0.1) is 0 Å². The van der Waals surface area contributed by atoms with Crippen molar-refractivity contribution in [1.82, 2.24) is 15.5 Å². The molecule has 0 fully saturated rings. The highest BCUT2D eigenvalue weighted by Crippen LogP contribution is 2.08. The molecule has 0 bridgehead atoms. The molecule has 2 amide bonds. The average Bonchev–Trinajstić information content (AvgIpc) is 2.80. The van der Waals surface area contributed by atoms with Crippen LogP contribution in [0, 0.1) is 5.92 Å². The molecule has 1 rings (SSSR count). The lowest BCUT2D eigenvalue weighted by Crippen LogP contribution is -2.44. The maximum atomic E-state index is 12.0. The maximum absolute atomic E-state index is 12.0. The van der Waals surface area contributed by atoms with Gasteiger partial charge < -0.3 is 10.6 Å². The number of aromatic amines is 1. The quantitative estimate of drug-likeness (QED) is 0.660. The van der Waals surface area contributed by atoms with E-state index in [1.165, 1.54) is 6.20 Å². The molecule has 0 aliphatic carbocycles. The normalized spacial score (nSPS) is 11.9. The summed E-state index contributed by atoms with van der Waals surface area (Å²) in [6.45, 7) is 7.33. The van der Waals surface area contributed by atoms with Crippen molar-refractivity contribution in [3.05, 3.63) is 24.9 Å². The highest BCUT2D eigenvalue weighted by atomic mass is 16.2. The molecule has 0 aromatic carbocycles. The van der Waals surface area contributed by atoms with Gasteiger partial charge in [0, 0.05) is 6.07 Å². The number of H-pyrrole nitrogens is 1. The third-order valence-corrected chi connectivity index (χ3v) is 2.28. The summed E-state index contributed by atoms with van der Waals surface area (Å²) in [4.78, 5) is 23.3. The number of nitrogens with one attached hydrogen (secondary N) is 3. The lowest BCUT2D eigenvalue weighted by atomic mass is 10.0. The smallest absolute Gasteiger partial charge is 0.248 e. The molecule has 0 unspecified atom stereocenters. The summed E-state index contributed by atoms with van der Waals surface area (Å²) in [5.74, 6) is 0.151. The summed E-state index contributed by atoms with van der Waals surface area (Å²) in [5, 5.41) is 11.6. The minimum absolute atomic E-state index is 0.275. The number of aromatic nitrogens is 2. The van der Waals surface area contributed by atoms with Gasteiger partial charge in [0.2, 0.25) is 11.8 Å². The lowest BCUT2D eigenvalue weighted by Gasteiger charge is -2.18. The van der Waals surface area contributed by atoms with Crippen LogP contribution in [0.5, 0.6) is 0 Å². The third kappa shape index (κ3) is 4.40. The second-order valence-corrected chi connectivity index (χ2v) is 4.35. The van der Waals surface area contributed by atoms with Crippen molar-refractivity contribution in [3.63, 3.8) is 0 Å². The highest BCUT2D eigenvalue weighted by Gasteiger charge is 2.21. The van der Waals surface area contributed by atoms with Crippen molar-refractivity contribution in [2.24, 2.45) is 5.92 Å². The van der Waals surface area contributed by atoms with E-state index in [1.807, 2.05) is 13.8 Å². The van der Waals surface area contributed by atoms with Crippen molar-refractivity contribution in [1.29, 1.82) is 0 Å². The summed E-state index contributed by atoms with van der Waals surface area (Å²) in [6, 6.07) is 1.05. The monoisotopic (exact) mass is 250 g/mol. The Morgan fingerprint density at radius 2 is 2.28 bits per heavy atom. The Morgan fingerprint density at radius 1 is 1.56 bits per heavy atom. The second kappa shape index (κ2) is 6.58. The average molecular weight is 250 g/mol. The van der Waals surface area contributed by atoms with Gasteiger partial charge >= 0.3 is 0 Å². The van der Waals surface area contributed by atoms with Gasteiger partial charge in [0.15, 0.2) is 0 Å². The molecule has 1 aromatic heterocycles. The van der Waals surface area contributed by atoms with Crippen LogP contribution >= 0.6 is 0 Å². The van der Waals surface area contributed by atoms with E-state index >= 15 is 0 Å². The molecule has 0 aliphatic heterocycles. The molecule has 1 atom stereocenters. The van der Waals surface area contributed by atoms with Crippen LogP contribution in [-0.4, -0.2) is 28.1 Å². The van der Waals surface area contributed by atoms with Gasteiger partial charge in [-0.1, -0.05) is 20.4 Å². The van der Waals surface area contributed by atoms with E-state index in [-0.39, 0.29) is 17.7 Å². The van der Waals surface area contributed by atoms with Gasteiger partial charge in [0.25, 0.3) is 0 Å². The van der Waals surface area contributed by atoms with Crippen molar-refractivity contribution < 1.29 is 9.59 Å². The first-order valence-corrected chi connectivity index (χ1v) is 5.76. The SMILES string of the molecule is C=CC(=O)N[C@H](CC(C)C)C(=O)Nc1ccn[nH]1. The zero-order valence-electron chi connectivity index (χ0n) is 10.6. The topological polar surface area (TPSA) is 86.9 Å². The van der Waals surface area contributed by atoms with Gasteiger partial charge in [-0.3, -0.25) is 14.7 Å². The fourth-order valence-electron chi connectivity index (χ4n) is 1.48. The van der Waals surface area contributed by atoms with Crippen LogP contribution in [-0.2, 0) is 9.59 Å². The van der Waals surface area contributed by atoms with E-state index in [0.29, 0.717) is 12.2 Å². The molecule has 18 heavy (non-hydrogen) atoms. The molecule has 0 saturated heterocycles. The first-order valence-electron chi connectivity index (χ1n) is 5.76. The molecule has 0 aliphatic rings. The summed E-state index contributed by atoms with van der Waals surface area (Å²) < 4.78 is 0. The fraction of sp³-hybridized carbons (Fsp3) is 0.417. The molecule has 6 nitrogen and oxygen atoms in total. The van der Waals surface area contributed by atoms with Gasteiger partial charge in [0.05, 0.1) is 6.20 Å². The van der Waals surface area contributed by atoms with E-state index in [2.05, 4.69) is 27.4 Å². The summed E-state index contributed by atoms with van der Waals surface area (Å²) in [7, 11) is 0. The number of anilines is 1. The zero-order chi connectivity index (χ0) is 13.5. The van der Waals surface area contributed by atoms with Crippen LogP contribution < -0.4 is 10.6 Å². The van der Waals surface area contributed by atoms with E-state index in [9.17, 15) is 9.59 Å². The van der Waals surface area contributed by atoms with Crippen molar-refractivity contribution in [2.75, 3.05) is 5.32 Å². The maximum Gasteiger partial charge on any atom is 0.248 e. The number of carbonyl (C=O) groups excluding carboxylic acids is 2. The molecule has 6 heteroatoms. The largest absolute Gasteiger partial charge is 0.341 e. The molecule has 98 valence electrons. The van der Waals surface area contributed by atoms with Crippen LogP contribution in [0.1, 0.15) is 20.3 Å². The molecule has 0 spiro atoms. The van der Waals surface area contributed by atoms with E-state index in [4.69, 9.17) is 0 Å². The van der Waals surface area contributed by atoms with Gasteiger partial charge in [0.1, 0.15) is 11.9 Å². The molecule has 1 heterocycles. The standard InChI is InChI=1S/C12H18N4O2/c1-4-11(17)14-9(7-8(2)3)12(18)15-10-5-6-13-16-10/h4-6,8-9H,1,7H2,2-3H3,(H,14,17)(H2,13,15,16,18)/t9-/m1/s1. The number of hydrogen-bond donors (Lipinski definition) is 3. The molecule has 0 radical (unpaired) electrons. The first-order chi connectivity index (χ1) is 8.52. The number of carbonyl (C=O) groups is 2. The third-order valence-electron chi connectivity index (χ3n) is 2.28. The van der Waals surface area contributed by atoms with Gasteiger partial charge in [-0.2, -0.15) is 5.10 Å². The number of amides is 2. The summed E-state index contributed by atoms with van der Waals surface area (Å²) in [5.41, 5.74) is 0. The van der Waals surface area contributed by atoms with Crippen LogP contribution in [0.25, 0.3) is 0 Å². The number of nitrogens with zero attached hydrogens (tertiary/aromatic N) is 1. The van der Waals surface area contributed by atoms with Crippen LogP contribution in [0.4, 0.5) is 5.82 Å². The van der Waals surface area contributed by atoms with Crippen LogP contribution in [0.3, 0.4) is 0 Å². The fourth-order valence-corrected chi connectivity index (χ4v) is 1.48. The Morgan fingerprint density at radius 3 is 2.78 bits per heavy atom. The van der Waals surface area contributed by atoms with E-state index in [0.717, 1.165) is 6.08 Å². The zero-order valence-corrected chi connectivity index (χ0v) is 10.6. The van der Waals surface area contributed by atoms with E-state index in [1.54, 1.807) is 6.07 Å². The Kier molecular flexibility index (Phi) is 5.10. The number of rotatable bonds is 6. The minimum Gasteiger partial charge on any atom is -0.341 e. The predicted molar refractivity (Wildman–Crippen MR) is 68.8 cm³/mol. The summed E-state index contributed by atoms with van der Waals surface area (Å²) in [6.07, 6.45) is 3.24. The number of hydrogen-bond acceptors (Lipinski definition) is 3. The second-order valence-electron chi connectivity index (χ2n) is 4.35.